The normalized spacial score (nSPS) is 11.7. The molecule has 0 saturated carbocycles. The lowest BCUT2D eigenvalue weighted by atomic mass is 10.1. The van der Waals surface area contributed by atoms with Gasteiger partial charge in [-0.25, -0.2) is 4.98 Å². The molecular weight excluding hydrogens is 276 g/mol. The number of benzene rings is 1. The van der Waals surface area contributed by atoms with Crippen LogP contribution in [-0.2, 0) is 0 Å². The van der Waals surface area contributed by atoms with Gasteiger partial charge in [-0.15, -0.1) is 11.3 Å². The molecule has 20 heavy (non-hydrogen) atoms. The zero-order valence-corrected chi connectivity index (χ0v) is 11.8. The molecule has 6 nitrogen and oxygen atoms in total. The lowest BCUT2D eigenvalue weighted by molar-refractivity contribution is -0.384. The van der Waals surface area contributed by atoms with Gasteiger partial charge < -0.3 is 5.32 Å². The van der Waals surface area contributed by atoms with Crippen molar-refractivity contribution >= 4 is 22.7 Å². The second kappa shape index (κ2) is 5.67. The van der Waals surface area contributed by atoms with E-state index < -0.39 is 4.92 Å². The predicted octanol–water partition coefficient (Wildman–Crippen LogP) is 3.40. The Morgan fingerprint density at radius 3 is 2.85 bits per heavy atom. The van der Waals surface area contributed by atoms with Crippen LogP contribution in [-0.4, -0.2) is 9.91 Å². The van der Waals surface area contributed by atoms with Crippen LogP contribution in [0.4, 0.5) is 11.4 Å². The zero-order chi connectivity index (χ0) is 14.7. The maximum Gasteiger partial charge on any atom is 0.270 e. The summed E-state index contributed by atoms with van der Waals surface area (Å²) < 4.78 is 0. The number of nitriles is 1. The number of nitrogens with one attached hydrogen (secondary N) is 1. The highest BCUT2D eigenvalue weighted by molar-refractivity contribution is 7.09. The largest absolute Gasteiger partial charge is 0.376 e. The molecule has 0 radical (unpaired) electrons. The third-order valence-electron chi connectivity index (χ3n) is 2.79. The Kier molecular flexibility index (Phi) is 3.96. The van der Waals surface area contributed by atoms with Gasteiger partial charge in [-0.05, 0) is 19.9 Å². The Morgan fingerprint density at radius 1 is 1.55 bits per heavy atom. The highest BCUT2D eigenvalue weighted by atomic mass is 32.1. The van der Waals surface area contributed by atoms with Gasteiger partial charge in [-0.1, -0.05) is 0 Å². The van der Waals surface area contributed by atoms with E-state index in [2.05, 4.69) is 10.3 Å². The minimum Gasteiger partial charge on any atom is -0.376 e. The van der Waals surface area contributed by atoms with Crippen molar-refractivity contribution in [1.82, 2.24) is 4.98 Å². The smallest absolute Gasteiger partial charge is 0.270 e. The average Bonchev–Trinajstić information content (AvgIpc) is 2.85. The second-order valence-electron chi connectivity index (χ2n) is 4.26. The average molecular weight is 288 g/mol. The molecule has 0 aliphatic heterocycles. The van der Waals surface area contributed by atoms with E-state index in [0.717, 1.165) is 10.7 Å². The summed E-state index contributed by atoms with van der Waals surface area (Å²) >= 11 is 1.55. The van der Waals surface area contributed by atoms with E-state index in [9.17, 15) is 10.1 Å². The number of hydrogen-bond donors (Lipinski definition) is 1. The van der Waals surface area contributed by atoms with E-state index in [4.69, 9.17) is 5.26 Å². The molecule has 0 fully saturated rings. The Bertz CT molecular complexity index is 690. The fourth-order valence-corrected chi connectivity index (χ4v) is 2.46. The number of nitro groups is 1. The maximum atomic E-state index is 10.7. The van der Waals surface area contributed by atoms with Crippen molar-refractivity contribution in [2.45, 2.75) is 19.9 Å². The first-order chi connectivity index (χ1) is 9.51. The first-order valence-corrected chi connectivity index (χ1v) is 6.76. The number of non-ortho nitro benzene ring substituents is 1. The molecule has 102 valence electrons. The first kappa shape index (κ1) is 14.0. The number of hydrogen-bond acceptors (Lipinski definition) is 6. The molecule has 1 N–H and O–H groups in total. The van der Waals surface area contributed by atoms with Gasteiger partial charge in [0, 0.05) is 17.5 Å². The number of rotatable bonds is 4. The number of nitrogens with zero attached hydrogens (tertiary/aromatic N) is 3. The lowest BCUT2D eigenvalue weighted by Crippen LogP contribution is -2.08. The van der Waals surface area contributed by atoms with E-state index >= 15 is 0 Å². The van der Waals surface area contributed by atoms with Crippen molar-refractivity contribution in [3.63, 3.8) is 0 Å². The molecule has 0 bridgehead atoms. The van der Waals surface area contributed by atoms with Gasteiger partial charge in [-0.3, -0.25) is 10.1 Å². The van der Waals surface area contributed by atoms with Crippen molar-refractivity contribution in [2.75, 3.05) is 5.32 Å². The van der Waals surface area contributed by atoms with Crippen molar-refractivity contribution in [1.29, 1.82) is 5.26 Å². The van der Waals surface area contributed by atoms with Crippen LogP contribution < -0.4 is 5.32 Å². The third-order valence-corrected chi connectivity index (χ3v) is 3.58. The summed E-state index contributed by atoms with van der Waals surface area (Å²) in [6, 6.07) is 6.08. The third kappa shape index (κ3) is 2.92. The fraction of sp³-hybridized carbons (Fsp3) is 0.231. The van der Waals surface area contributed by atoms with Crippen molar-refractivity contribution < 1.29 is 4.92 Å². The molecule has 1 aromatic heterocycles. The molecule has 2 rings (SSSR count). The Labute approximate surface area is 119 Å². The SMILES string of the molecule is Cc1nc(C(C)Nc2ccc([N+](=O)[O-])cc2C#N)cs1. The molecule has 0 aliphatic rings. The van der Waals surface area contributed by atoms with Crippen molar-refractivity contribution in [2.24, 2.45) is 0 Å². The van der Waals surface area contributed by atoms with Crippen LogP contribution in [0.25, 0.3) is 0 Å². The number of aryl methyl sites for hydroxylation is 1. The monoisotopic (exact) mass is 288 g/mol. The van der Waals surface area contributed by atoms with E-state index in [0.29, 0.717) is 5.69 Å². The molecule has 7 heteroatoms. The minimum atomic E-state index is -0.516. The van der Waals surface area contributed by atoms with Gasteiger partial charge in [0.05, 0.1) is 32.9 Å². The van der Waals surface area contributed by atoms with E-state index in [1.807, 2.05) is 25.3 Å². The van der Waals surface area contributed by atoms with Crippen molar-refractivity contribution in [3.8, 4) is 6.07 Å². The summed E-state index contributed by atoms with van der Waals surface area (Å²) in [6.45, 7) is 3.85. The highest BCUT2D eigenvalue weighted by Crippen LogP contribution is 2.26. The predicted molar refractivity (Wildman–Crippen MR) is 76.7 cm³/mol. The van der Waals surface area contributed by atoms with Gasteiger partial charge in [-0.2, -0.15) is 5.26 Å². The van der Waals surface area contributed by atoms with Crippen LogP contribution in [0.1, 0.15) is 29.2 Å². The summed E-state index contributed by atoms with van der Waals surface area (Å²) in [4.78, 5) is 14.6. The van der Waals surface area contributed by atoms with E-state index in [1.54, 1.807) is 17.4 Å². The van der Waals surface area contributed by atoms with Crippen LogP contribution >= 0.6 is 11.3 Å². The molecule has 1 atom stereocenters. The number of aromatic nitrogens is 1. The van der Waals surface area contributed by atoms with Crippen molar-refractivity contribution in [3.05, 3.63) is 50.0 Å². The second-order valence-corrected chi connectivity index (χ2v) is 5.32. The summed E-state index contributed by atoms with van der Waals surface area (Å²) in [7, 11) is 0. The summed E-state index contributed by atoms with van der Waals surface area (Å²) in [6.07, 6.45) is 0. The highest BCUT2D eigenvalue weighted by Gasteiger charge is 2.14. The van der Waals surface area contributed by atoms with Gasteiger partial charge in [0.15, 0.2) is 0 Å². The molecule has 1 unspecified atom stereocenters. The Morgan fingerprint density at radius 2 is 2.30 bits per heavy atom. The van der Waals surface area contributed by atoms with Crippen LogP contribution in [0.5, 0.6) is 0 Å². The van der Waals surface area contributed by atoms with Gasteiger partial charge in [0.1, 0.15) is 6.07 Å². The fourth-order valence-electron chi connectivity index (χ4n) is 1.75. The Hall–Kier alpha value is -2.46. The molecule has 2 aromatic rings. The van der Waals surface area contributed by atoms with Crippen LogP contribution in [0.2, 0.25) is 0 Å². The van der Waals surface area contributed by atoms with Gasteiger partial charge >= 0.3 is 0 Å². The van der Waals surface area contributed by atoms with E-state index in [-0.39, 0.29) is 17.3 Å². The topological polar surface area (TPSA) is 91.8 Å². The van der Waals surface area contributed by atoms with Gasteiger partial charge in [0.25, 0.3) is 5.69 Å². The molecular formula is C13H12N4O2S. The molecule has 1 heterocycles. The summed E-state index contributed by atoms with van der Waals surface area (Å²) in [5, 5.41) is 25.9. The number of anilines is 1. The lowest BCUT2D eigenvalue weighted by Gasteiger charge is -2.14. The summed E-state index contributed by atoms with van der Waals surface area (Å²) in [5.74, 6) is 0. The molecule has 0 saturated heterocycles. The molecule has 0 spiro atoms. The molecule has 1 aromatic carbocycles. The standard InChI is InChI=1S/C13H12N4O2S/c1-8(13-7-20-9(2)16-13)15-12-4-3-11(17(18)19)5-10(12)6-14/h3-5,7-8,15H,1-2H3. The van der Waals surface area contributed by atoms with Crippen LogP contribution in [0, 0.1) is 28.4 Å². The number of thiazole rings is 1. The van der Waals surface area contributed by atoms with Crippen LogP contribution in [0.15, 0.2) is 23.6 Å². The van der Waals surface area contributed by atoms with Gasteiger partial charge in [0.2, 0.25) is 0 Å². The number of nitro benzene ring substituents is 1. The molecule has 0 amide bonds. The summed E-state index contributed by atoms with van der Waals surface area (Å²) in [5.41, 5.74) is 1.60. The minimum absolute atomic E-state index is 0.0755. The quantitative estimate of drug-likeness (QED) is 0.687. The maximum absolute atomic E-state index is 10.7. The molecule has 0 aliphatic carbocycles. The van der Waals surface area contributed by atoms with Crippen LogP contribution in [0.3, 0.4) is 0 Å². The first-order valence-electron chi connectivity index (χ1n) is 5.88. The van der Waals surface area contributed by atoms with E-state index in [1.165, 1.54) is 12.1 Å². The Balaban J connectivity index is 2.25. The zero-order valence-electron chi connectivity index (χ0n) is 11.0.